The predicted octanol–water partition coefficient (Wildman–Crippen LogP) is 1.71. The van der Waals surface area contributed by atoms with Gasteiger partial charge in [-0.3, -0.25) is 14.5 Å². The molecule has 2 fully saturated rings. The topological polar surface area (TPSA) is 69.7 Å². The van der Waals surface area contributed by atoms with Gasteiger partial charge in [0.15, 0.2) is 0 Å². The van der Waals surface area contributed by atoms with Gasteiger partial charge >= 0.3 is 6.03 Å². The summed E-state index contributed by atoms with van der Waals surface area (Å²) >= 11 is 0. The standard InChI is InChI=1S/C18H23N3O3/c1-13-8-10-20(11-9-13)15(22)12-21-16(23)18(2,19-17(21)24)14-6-4-3-5-7-14/h3-7,13H,8-12H2,1-2H3,(H,19,24)/t18-/m1/s1. The van der Waals surface area contributed by atoms with Crippen molar-refractivity contribution in [2.75, 3.05) is 19.6 Å². The van der Waals surface area contributed by atoms with Crippen molar-refractivity contribution >= 4 is 17.8 Å². The fourth-order valence-corrected chi connectivity index (χ4v) is 3.30. The Bertz CT molecular complexity index is 653. The van der Waals surface area contributed by atoms with Crippen molar-refractivity contribution in [1.82, 2.24) is 15.1 Å². The van der Waals surface area contributed by atoms with E-state index in [1.54, 1.807) is 24.0 Å². The number of nitrogens with zero attached hydrogens (tertiary/aromatic N) is 2. The number of likely N-dealkylation sites (tertiary alicyclic amines) is 1. The number of imide groups is 1. The van der Waals surface area contributed by atoms with Crippen molar-refractivity contribution in [2.24, 2.45) is 5.92 Å². The van der Waals surface area contributed by atoms with Crippen molar-refractivity contribution in [3.8, 4) is 0 Å². The number of hydrogen-bond donors (Lipinski definition) is 1. The molecule has 2 heterocycles. The van der Waals surface area contributed by atoms with Crippen LogP contribution in [0.4, 0.5) is 4.79 Å². The number of rotatable bonds is 3. The van der Waals surface area contributed by atoms with Crippen LogP contribution in [0.1, 0.15) is 32.3 Å². The Hall–Kier alpha value is -2.37. The number of benzene rings is 1. The van der Waals surface area contributed by atoms with E-state index in [1.807, 2.05) is 18.2 Å². The Morgan fingerprint density at radius 1 is 1.21 bits per heavy atom. The van der Waals surface area contributed by atoms with E-state index >= 15 is 0 Å². The van der Waals surface area contributed by atoms with Crippen molar-refractivity contribution in [1.29, 1.82) is 0 Å². The van der Waals surface area contributed by atoms with Gasteiger partial charge in [0.05, 0.1) is 0 Å². The van der Waals surface area contributed by atoms with Crippen LogP contribution in [0, 0.1) is 5.92 Å². The van der Waals surface area contributed by atoms with Gasteiger partial charge in [-0.1, -0.05) is 37.3 Å². The molecule has 2 aliphatic rings. The van der Waals surface area contributed by atoms with Crippen molar-refractivity contribution < 1.29 is 14.4 Å². The molecule has 1 atom stereocenters. The monoisotopic (exact) mass is 329 g/mol. The highest BCUT2D eigenvalue weighted by Gasteiger charge is 2.49. The number of nitrogens with one attached hydrogen (secondary N) is 1. The zero-order chi connectivity index (χ0) is 17.3. The van der Waals surface area contributed by atoms with Gasteiger partial charge in [0, 0.05) is 13.1 Å². The van der Waals surface area contributed by atoms with E-state index < -0.39 is 11.6 Å². The molecule has 24 heavy (non-hydrogen) atoms. The molecule has 1 N–H and O–H groups in total. The van der Waals surface area contributed by atoms with E-state index in [9.17, 15) is 14.4 Å². The normalized spacial score (nSPS) is 25.1. The quantitative estimate of drug-likeness (QED) is 0.858. The first-order valence-electron chi connectivity index (χ1n) is 8.39. The minimum atomic E-state index is -1.12. The average Bonchev–Trinajstić information content (AvgIpc) is 2.80. The number of piperidine rings is 1. The third-order valence-electron chi connectivity index (χ3n) is 5.06. The number of urea groups is 1. The number of carbonyl (C=O) groups is 3. The number of amides is 4. The summed E-state index contributed by atoms with van der Waals surface area (Å²) < 4.78 is 0. The summed E-state index contributed by atoms with van der Waals surface area (Å²) in [5.41, 5.74) is -0.403. The van der Waals surface area contributed by atoms with E-state index in [-0.39, 0.29) is 18.4 Å². The highest BCUT2D eigenvalue weighted by atomic mass is 16.2. The zero-order valence-electron chi connectivity index (χ0n) is 14.1. The Labute approximate surface area is 141 Å². The first-order valence-corrected chi connectivity index (χ1v) is 8.39. The molecule has 0 aromatic heterocycles. The van der Waals surface area contributed by atoms with Crippen LogP contribution in [0.5, 0.6) is 0 Å². The molecule has 128 valence electrons. The third-order valence-corrected chi connectivity index (χ3v) is 5.06. The summed E-state index contributed by atoms with van der Waals surface area (Å²) in [6, 6.07) is 8.59. The molecule has 6 nitrogen and oxygen atoms in total. The Morgan fingerprint density at radius 2 is 1.83 bits per heavy atom. The second-order valence-corrected chi connectivity index (χ2v) is 6.88. The molecule has 0 unspecified atom stereocenters. The van der Waals surface area contributed by atoms with Crippen LogP contribution in [0.3, 0.4) is 0 Å². The molecule has 3 rings (SSSR count). The van der Waals surface area contributed by atoms with Gasteiger partial charge in [-0.2, -0.15) is 0 Å². The van der Waals surface area contributed by atoms with E-state index in [2.05, 4.69) is 12.2 Å². The van der Waals surface area contributed by atoms with Crippen LogP contribution in [0.2, 0.25) is 0 Å². The van der Waals surface area contributed by atoms with Crippen LogP contribution in [-0.4, -0.2) is 47.3 Å². The zero-order valence-corrected chi connectivity index (χ0v) is 14.1. The van der Waals surface area contributed by atoms with E-state index in [4.69, 9.17) is 0 Å². The van der Waals surface area contributed by atoms with Crippen LogP contribution < -0.4 is 5.32 Å². The van der Waals surface area contributed by atoms with Gasteiger partial charge in [-0.25, -0.2) is 4.79 Å². The van der Waals surface area contributed by atoms with Crippen LogP contribution in [0.15, 0.2) is 30.3 Å². The molecule has 0 radical (unpaired) electrons. The predicted molar refractivity (Wildman–Crippen MR) is 89.0 cm³/mol. The molecule has 0 aliphatic carbocycles. The molecular weight excluding hydrogens is 306 g/mol. The largest absolute Gasteiger partial charge is 0.341 e. The summed E-state index contributed by atoms with van der Waals surface area (Å²) in [6.07, 6.45) is 1.93. The molecule has 0 bridgehead atoms. The summed E-state index contributed by atoms with van der Waals surface area (Å²) in [5, 5.41) is 2.73. The first kappa shape index (κ1) is 16.5. The molecule has 6 heteroatoms. The van der Waals surface area contributed by atoms with Crippen molar-refractivity contribution in [3.05, 3.63) is 35.9 Å². The van der Waals surface area contributed by atoms with Gasteiger partial charge in [-0.15, -0.1) is 0 Å². The van der Waals surface area contributed by atoms with Gasteiger partial charge in [0.25, 0.3) is 5.91 Å². The van der Waals surface area contributed by atoms with Crippen LogP contribution in [0.25, 0.3) is 0 Å². The maximum Gasteiger partial charge on any atom is 0.325 e. The second kappa shape index (κ2) is 6.26. The van der Waals surface area contributed by atoms with Crippen molar-refractivity contribution in [2.45, 2.75) is 32.2 Å². The van der Waals surface area contributed by atoms with Crippen LogP contribution >= 0.6 is 0 Å². The minimum Gasteiger partial charge on any atom is -0.341 e. The molecule has 1 aromatic carbocycles. The lowest BCUT2D eigenvalue weighted by Crippen LogP contribution is -2.46. The van der Waals surface area contributed by atoms with Crippen LogP contribution in [-0.2, 0) is 15.1 Å². The highest BCUT2D eigenvalue weighted by Crippen LogP contribution is 2.28. The Morgan fingerprint density at radius 3 is 2.46 bits per heavy atom. The Kier molecular flexibility index (Phi) is 4.30. The molecule has 1 aromatic rings. The van der Waals surface area contributed by atoms with Gasteiger partial charge in [-0.05, 0) is 31.2 Å². The lowest BCUT2D eigenvalue weighted by Gasteiger charge is -2.31. The third kappa shape index (κ3) is 2.88. The summed E-state index contributed by atoms with van der Waals surface area (Å²) in [5.74, 6) is 0.0762. The average molecular weight is 329 g/mol. The van der Waals surface area contributed by atoms with Gasteiger partial charge in [0.1, 0.15) is 12.1 Å². The fourth-order valence-electron chi connectivity index (χ4n) is 3.30. The number of hydrogen-bond acceptors (Lipinski definition) is 3. The number of carbonyl (C=O) groups excluding carboxylic acids is 3. The molecular formula is C18H23N3O3. The lowest BCUT2D eigenvalue weighted by molar-refractivity contribution is -0.139. The summed E-state index contributed by atoms with van der Waals surface area (Å²) in [6.45, 7) is 5.04. The molecule has 0 spiro atoms. The smallest absolute Gasteiger partial charge is 0.325 e. The van der Waals surface area contributed by atoms with Crippen molar-refractivity contribution in [3.63, 3.8) is 0 Å². The summed E-state index contributed by atoms with van der Waals surface area (Å²) in [7, 11) is 0. The van der Waals surface area contributed by atoms with E-state index in [1.165, 1.54) is 0 Å². The molecule has 0 saturated carbocycles. The maximum absolute atomic E-state index is 12.8. The fraction of sp³-hybridized carbons (Fsp3) is 0.500. The first-order chi connectivity index (χ1) is 11.4. The maximum atomic E-state index is 12.8. The highest BCUT2D eigenvalue weighted by molar-refractivity contribution is 6.09. The molecule has 2 aliphatic heterocycles. The van der Waals surface area contributed by atoms with Gasteiger partial charge in [0.2, 0.25) is 5.91 Å². The lowest BCUT2D eigenvalue weighted by atomic mass is 9.92. The van der Waals surface area contributed by atoms with E-state index in [0.29, 0.717) is 24.6 Å². The summed E-state index contributed by atoms with van der Waals surface area (Å²) in [4.78, 5) is 40.3. The van der Waals surface area contributed by atoms with Gasteiger partial charge < -0.3 is 10.2 Å². The SMILES string of the molecule is CC1CCN(C(=O)CN2C(=O)N[C@](C)(c3ccccc3)C2=O)CC1. The minimum absolute atomic E-state index is 0.164. The molecule has 4 amide bonds. The second-order valence-electron chi connectivity index (χ2n) is 6.88. The van der Waals surface area contributed by atoms with E-state index in [0.717, 1.165) is 17.7 Å². The Balaban J connectivity index is 1.72. The molecule has 2 saturated heterocycles.